The molecule has 1 aliphatic rings. The van der Waals surface area contributed by atoms with Crippen LogP contribution in [0.5, 0.6) is 5.75 Å². The molecule has 0 radical (unpaired) electrons. The van der Waals surface area contributed by atoms with Crippen molar-refractivity contribution in [1.82, 2.24) is 4.31 Å². The van der Waals surface area contributed by atoms with Crippen molar-refractivity contribution in [3.05, 3.63) is 23.2 Å². The number of benzene rings is 1. The Morgan fingerprint density at radius 2 is 2.17 bits per heavy atom. The standard InChI is InChI=1S/C14H18ClNO6S/c1-2-22-13-7-9(3-4-11(13)15)23(20,21)16-6-5-12(17)10(8-16)14(18)19/h3-4,7,10,12,17H,2,5-6,8H2,1H3,(H,18,19)/t10-,12+/m0/s1. The van der Waals surface area contributed by atoms with Gasteiger partial charge in [0.2, 0.25) is 10.0 Å². The zero-order chi connectivity index (χ0) is 17.2. The molecular formula is C14H18ClNO6S. The lowest BCUT2D eigenvalue weighted by Gasteiger charge is -2.33. The summed E-state index contributed by atoms with van der Waals surface area (Å²) in [5.41, 5.74) is 0. The van der Waals surface area contributed by atoms with E-state index in [0.29, 0.717) is 11.6 Å². The average Bonchev–Trinajstić information content (AvgIpc) is 2.49. The predicted octanol–water partition coefficient (Wildman–Crippen LogP) is 1.19. The minimum Gasteiger partial charge on any atom is -0.492 e. The summed E-state index contributed by atoms with van der Waals surface area (Å²) in [5.74, 6) is -2.11. The molecule has 0 aliphatic carbocycles. The van der Waals surface area contributed by atoms with Gasteiger partial charge in [0, 0.05) is 19.2 Å². The molecule has 1 saturated heterocycles. The van der Waals surface area contributed by atoms with Crippen molar-refractivity contribution in [3.8, 4) is 5.75 Å². The van der Waals surface area contributed by atoms with Gasteiger partial charge >= 0.3 is 5.97 Å². The molecule has 9 heteroatoms. The van der Waals surface area contributed by atoms with Crippen LogP contribution in [0, 0.1) is 5.92 Å². The summed E-state index contributed by atoms with van der Waals surface area (Å²) < 4.78 is 31.7. The van der Waals surface area contributed by atoms with Crippen molar-refractivity contribution >= 4 is 27.6 Å². The average molecular weight is 364 g/mol. The summed E-state index contributed by atoms with van der Waals surface area (Å²) in [6, 6.07) is 4.09. The normalized spacial score (nSPS) is 22.7. The van der Waals surface area contributed by atoms with Crippen molar-refractivity contribution in [2.75, 3.05) is 19.7 Å². The van der Waals surface area contributed by atoms with Gasteiger partial charge in [-0.1, -0.05) is 11.6 Å². The Morgan fingerprint density at radius 1 is 1.48 bits per heavy atom. The summed E-state index contributed by atoms with van der Waals surface area (Å²) >= 11 is 5.95. The maximum Gasteiger partial charge on any atom is 0.310 e. The van der Waals surface area contributed by atoms with Gasteiger partial charge in [-0.25, -0.2) is 8.42 Å². The third-order valence-electron chi connectivity index (χ3n) is 3.70. The fraction of sp³-hybridized carbons (Fsp3) is 0.500. The Balaban J connectivity index is 2.31. The molecule has 0 amide bonds. The van der Waals surface area contributed by atoms with Gasteiger partial charge in [0.1, 0.15) is 5.75 Å². The first kappa shape index (κ1) is 18.0. The van der Waals surface area contributed by atoms with Gasteiger partial charge in [0.25, 0.3) is 0 Å². The topological polar surface area (TPSA) is 104 Å². The Bertz CT molecular complexity index is 693. The summed E-state index contributed by atoms with van der Waals surface area (Å²) in [6.07, 6.45) is -0.981. The number of hydrogen-bond acceptors (Lipinski definition) is 5. The van der Waals surface area contributed by atoms with Gasteiger partial charge in [-0.15, -0.1) is 0 Å². The SMILES string of the molecule is CCOc1cc(S(=O)(=O)N2CC[C@@H](O)[C@@H](C(=O)O)C2)ccc1Cl. The molecule has 1 aliphatic heterocycles. The lowest BCUT2D eigenvalue weighted by Crippen LogP contribution is -2.48. The number of aliphatic carboxylic acids is 1. The van der Waals surface area contributed by atoms with Crippen LogP contribution >= 0.6 is 11.6 Å². The van der Waals surface area contributed by atoms with Crippen LogP contribution in [0.2, 0.25) is 5.02 Å². The monoisotopic (exact) mass is 363 g/mol. The van der Waals surface area contributed by atoms with E-state index in [4.69, 9.17) is 21.4 Å². The van der Waals surface area contributed by atoms with E-state index in [0.717, 1.165) is 4.31 Å². The van der Waals surface area contributed by atoms with E-state index in [1.165, 1.54) is 18.2 Å². The number of aliphatic hydroxyl groups excluding tert-OH is 1. The zero-order valence-corrected chi connectivity index (χ0v) is 14.0. The summed E-state index contributed by atoms with van der Waals surface area (Å²) in [7, 11) is -3.89. The van der Waals surface area contributed by atoms with Crippen LogP contribution in [0.3, 0.4) is 0 Å². The van der Waals surface area contributed by atoms with Crippen molar-refractivity contribution in [2.45, 2.75) is 24.3 Å². The van der Waals surface area contributed by atoms with E-state index in [1.54, 1.807) is 6.92 Å². The molecule has 0 bridgehead atoms. The number of hydrogen-bond donors (Lipinski definition) is 2. The highest BCUT2D eigenvalue weighted by molar-refractivity contribution is 7.89. The lowest BCUT2D eigenvalue weighted by molar-refractivity contribution is -0.147. The second-order valence-electron chi connectivity index (χ2n) is 5.19. The van der Waals surface area contributed by atoms with E-state index in [-0.39, 0.29) is 30.2 Å². The largest absolute Gasteiger partial charge is 0.492 e. The predicted molar refractivity (Wildman–Crippen MR) is 83.1 cm³/mol. The lowest BCUT2D eigenvalue weighted by atomic mass is 9.96. The van der Waals surface area contributed by atoms with Crippen LogP contribution in [-0.4, -0.2) is 54.7 Å². The van der Waals surface area contributed by atoms with Crippen LogP contribution in [-0.2, 0) is 14.8 Å². The minimum absolute atomic E-state index is 0.0223. The first-order chi connectivity index (χ1) is 10.8. The summed E-state index contributed by atoms with van der Waals surface area (Å²) in [5, 5.41) is 19.1. The molecule has 23 heavy (non-hydrogen) atoms. The van der Waals surface area contributed by atoms with Gasteiger partial charge in [-0.2, -0.15) is 4.31 Å². The summed E-state index contributed by atoms with van der Waals surface area (Å²) in [6.45, 7) is 1.87. The van der Waals surface area contributed by atoms with Crippen molar-refractivity contribution in [2.24, 2.45) is 5.92 Å². The molecule has 2 rings (SSSR count). The van der Waals surface area contributed by atoms with Gasteiger partial charge in [0.15, 0.2) is 0 Å². The van der Waals surface area contributed by atoms with Gasteiger partial charge < -0.3 is 14.9 Å². The van der Waals surface area contributed by atoms with Crippen LogP contribution in [0.4, 0.5) is 0 Å². The first-order valence-electron chi connectivity index (χ1n) is 7.10. The fourth-order valence-corrected chi connectivity index (χ4v) is 4.10. The van der Waals surface area contributed by atoms with Gasteiger partial charge in [-0.3, -0.25) is 4.79 Å². The van der Waals surface area contributed by atoms with Crippen LogP contribution in [0.15, 0.2) is 23.1 Å². The fourth-order valence-electron chi connectivity index (χ4n) is 2.43. The number of halogens is 1. The Morgan fingerprint density at radius 3 is 2.78 bits per heavy atom. The minimum atomic E-state index is -3.89. The molecule has 0 unspecified atom stereocenters. The molecule has 1 fully saturated rings. The number of aliphatic hydroxyl groups is 1. The number of carboxylic acids is 1. The number of ether oxygens (including phenoxy) is 1. The zero-order valence-electron chi connectivity index (χ0n) is 12.5. The molecule has 1 heterocycles. The Labute approximate surface area is 139 Å². The van der Waals surface area contributed by atoms with Gasteiger partial charge in [-0.05, 0) is 25.5 Å². The number of sulfonamides is 1. The van der Waals surface area contributed by atoms with E-state index < -0.39 is 28.0 Å². The second kappa shape index (κ2) is 7.04. The molecule has 7 nitrogen and oxygen atoms in total. The van der Waals surface area contributed by atoms with E-state index in [1.807, 2.05) is 0 Å². The number of rotatable bonds is 5. The number of carboxylic acid groups (broad SMARTS) is 1. The molecule has 0 spiro atoms. The molecule has 1 aromatic carbocycles. The Kier molecular flexibility index (Phi) is 5.51. The highest BCUT2D eigenvalue weighted by Gasteiger charge is 2.38. The summed E-state index contributed by atoms with van der Waals surface area (Å²) in [4.78, 5) is 11.1. The van der Waals surface area contributed by atoms with E-state index in [2.05, 4.69) is 0 Å². The van der Waals surface area contributed by atoms with E-state index >= 15 is 0 Å². The highest BCUT2D eigenvalue weighted by Crippen LogP contribution is 2.30. The smallest absolute Gasteiger partial charge is 0.310 e. The molecule has 128 valence electrons. The number of nitrogens with zero attached hydrogens (tertiary/aromatic N) is 1. The van der Waals surface area contributed by atoms with Crippen LogP contribution in [0.1, 0.15) is 13.3 Å². The third kappa shape index (κ3) is 3.77. The molecule has 2 N–H and O–H groups in total. The van der Waals surface area contributed by atoms with Crippen molar-refractivity contribution < 1.29 is 28.2 Å². The van der Waals surface area contributed by atoms with Crippen LogP contribution in [0.25, 0.3) is 0 Å². The van der Waals surface area contributed by atoms with Crippen molar-refractivity contribution in [1.29, 1.82) is 0 Å². The maximum atomic E-state index is 12.7. The Hall–Kier alpha value is -1.35. The quantitative estimate of drug-likeness (QED) is 0.814. The van der Waals surface area contributed by atoms with Crippen molar-refractivity contribution in [3.63, 3.8) is 0 Å². The van der Waals surface area contributed by atoms with Crippen LogP contribution < -0.4 is 4.74 Å². The second-order valence-corrected chi connectivity index (χ2v) is 7.53. The number of piperidine rings is 1. The number of carbonyl (C=O) groups is 1. The molecule has 0 aromatic heterocycles. The first-order valence-corrected chi connectivity index (χ1v) is 8.92. The highest BCUT2D eigenvalue weighted by atomic mass is 35.5. The third-order valence-corrected chi connectivity index (χ3v) is 5.87. The molecule has 1 aromatic rings. The maximum absolute atomic E-state index is 12.7. The molecular weight excluding hydrogens is 346 g/mol. The molecule has 0 saturated carbocycles. The van der Waals surface area contributed by atoms with E-state index in [9.17, 15) is 18.3 Å². The van der Waals surface area contributed by atoms with Gasteiger partial charge in [0.05, 0.1) is 28.5 Å². The molecule has 2 atom stereocenters.